The molecule has 10 heteroatoms. The first-order valence-corrected chi connectivity index (χ1v) is 11.1. The van der Waals surface area contributed by atoms with Crippen LogP contribution in [0.3, 0.4) is 0 Å². The summed E-state index contributed by atoms with van der Waals surface area (Å²) < 4.78 is 1.74. The Morgan fingerprint density at radius 1 is 1.10 bits per heavy atom. The van der Waals surface area contributed by atoms with E-state index in [1.807, 2.05) is 32.0 Å². The van der Waals surface area contributed by atoms with Gasteiger partial charge in [0.25, 0.3) is 5.91 Å². The number of para-hydroxylation sites is 1. The Morgan fingerprint density at radius 2 is 1.81 bits per heavy atom. The monoisotopic (exact) mass is 477 g/mol. The van der Waals surface area contributed by atoms with Crippen molar-refractivity contribution < 1.29 is 9.59 Å². The molecule has 0 bridgehead atoms. The number of hydrogen-bond donors (Lipinski definition) is 2. The molecule has 0 unspecified atom stereocenters. The summed E-state index contributed by atoms with van der Waals surface area (Å²) in [5.41, 5.74) is 3.17. The number of thioether (sulfide) groups is 1. The molecule has 2 aromatic carbocycles. The number of nitrogens with zero attached hydrogens (tertiary/aromatic N) is 3. The van der Waals surface area contributed by atoms with E-state index in [0.29, 0.717) is 21.6 Å². The van der Waals surface area contributed by atoms with Crippen LogP contribution in [0.4, 0.5) is 5.69 Å². The third kappa shape index (κ3) is 5.78. The summed E-state index contributed by atoms with van der Waals surface area (Å²) in [6.45, 7) is 4.07. The molecule has 0 saturated carbocycles. The molecular weight excluding hydrogens is 457 g/mol. The predicted octanol–water partition coefficient (Wildman–Crippen LogP) is 4.40. The molecule has 0 aliphatic rings. The van der Waals surface area contributed by atoms with Gasteiger partial charge in [0, 0.05) is 17.8 Å². The van der Waals surface area contributed by atoms with Crippen LogP contribution in [0.25, 0.3) is 0 Å². The molecule has 0 atom stereocenters. The van der Waals surface area contributed by atoms with Crippen molar-refractivity contribution >= 4 is 52.5 Å². The van der Waals surface area contributed by atoms with Crippen LogP contribution in [-0.2, 0) is 18.4 Å². The van der Waals surface area contributed by atoms with Crippen LogP contribution in [-0.4, -0.2) is 32.3 Å². The minimum absolute atomic E-state index is 0.127. The van der Waals surface area contributed by atoms with Crippen molar-refractivity contribution in [3.05, 3.63) is 69.0 Å². The second kappa shape index (κ2) is 10.2. The van der Waals surface area contributed by atoms with Gasteiger partial charge in [-0.15, -0.1) is 10.2 Å². The second-order valence-corrected chi connectivity index (χ2v) is 8.65. The molecule has 0 saturated heterocycles. The van der Waals surface area contributed by atoms with E-state index >= 15 is 0 Å². The number of carbonyl (C=O) groups excluding carboxylic acids is 2. The van der Waals surface area contributed by atoms with Crippen molar-refractivity contribution in [2.24, 2.45) is 7.05 Å². The van der Waals surface area contributed by atoms with E-state index in [1.54, 1.807) is 23.7 Å². The molecular formula is C21H21Cl2N5O2S. The number of hydrogen-bond acceptors (Lipinski definition) is 5. The summed E-state index contributed by atoms with van der Waals surface area (Å²) >= 11 is 13.2. The summed E-state index contributed by atoms with van der Waals surface area (Å²) in [6, 6.07) is 10.5. The van der Waals surface area contributed by atoms with Gasteiger partial charge in [-0.25, -0.2) is 0 Å². The topological polar surface area (TPSA) is 88.9 Å². The first-order chi connectivity index (χ1) is 14.8. The Labute approximate surface area is 194 Å². The molecule has 0 aliphatic carbocycles. The SMILES string of the molecule is Cc1cccc(C)c1NC(=O)CSc1nnc(CNC(=O)c2ccc(Cl)cc2Cl)n1C. The fourth-order valence-corrected chi connectivity index (χ4v) is 4.09. The van der Waals surface area contributed by atoms with Crippen molar-refractivity contribution in [2.45, 2.75) is 25.5 Å². The van der Waals surface area contributed by atoms with Crippen LogP contribution in [0.15, 0.2) is 41.6 Å². The smallest absolute Gasteiger partial charge is 0.253 e. The Morgan fingerprint density at radius 3 is 2.48 bits per heavy atom. The largest absolute Gasteiger partial charge is 0.345 e. The summed E-state index contributed by atoms with van der Waals surface area (Å²) in [6.07, 6.45) is 0. The number of rotatable bonds is 7. The fraction of sp³-hybridized carbons (Fsp3) is 0.238. The highest BCUT2D eigenvalue weighted by molar-refractivity contribution is 7.99. The molecule has 162 valence electrons. The number of aryl methyl sites for hydroxylation is 2. The number of benzene rings is 2. The summed E-state index contributed by atoms with van der Waals surface area (Å²) in [5, 5.41) is 15.2. The van der Waals surface area contributed by atoms with Gasteiger partial charge in [0.05, 0.1) is 22.9 Å². The van der Waals surface area contributed by atoms with Gasteiger partial charge < -0.3 is 15.2 Å². The molecule has 1 aromatic heterocycles. The lowest BCUT2D eigenvalue weighted by atomic mass is 10.1. The molecule has 1 heterocycles. The van der Waals surface area contributed by atoms with Crippen LogP contribution in [0.2, 0.25) is 10.0 Å². The van der Waals surface area contributed by atoms with E-state index < -0.39 is 0 Å². The van der Waals surface area contributed by atoms with E-state index in [0.717, 1.165) is 16.8 Å². The van der Waals surface area contributed by atoms with E-state index in [2.05, 4.69) is 20.8 Å². The van der Waals surface area contributed by atoms with Crippen LogP contribution < -0.4 is 10.6 Å². The van der Waals surface area contributed by atoms with Gasteiger partial charge in [-0.05, 0) is 43.2 Å². The first-order valence-electron chi connectivity index (χ1n) is 9.36. The highest BCUT2D eigenvalue weighted by Gasteiger charge is 2.15. The van der Waals surface area contributed by atoms with Crippen LogP contribution in [0, 0.1) is 13.8 Å². The van der Waals surface area contributed by atoms with Gasteiger partial charge in [0.15, 0.2) is 11.0 Å². The maximum absolute atomic E-state index is 12.4. The molecule has 0 radical (unpaired) electrons. The summed E-state index contributed by atoms with van der Waals surface area (Å²) in [7, 11) is 1.78. The zero-order valence-electron chi connectivity index (χ0n) is 17.2. The third-order valence-electron chi connectivity index (χ3n) is 4.59. The average Bonchev–Trinajstić information content (AvgIpc) is 3.07. The Bertz CT molecular complexity index is 1110. The highest BCUT2D eigenvalue weighted by Crippen LogP contribution is 2.22. The molecule has 2 N–H and O–H groups in total. The maximum atomic E-state index is 12.4. The van der Waals surface area contributed by atoms with Gasteiger partial charge in [0.1, 0.15) is 0 Å². The highest BCUT2D eigenvalue weighted by atomic mass is 35.5. The van der Waals surface area contributed by atoms with Gasteiger partial charge in [-0.2, -0.15) is 0 Å². The standard InChI is InChI=1S/C21H21Cl2N5O2S/c1-12-5-4-6-13(2)19(12)25-18(29)11-31-21-27-26-17(28(21)3)10-24-20(30)15-8-7-14(22)9-16(15)23/h4-9H,10-11H2,1-3H3,(H,24,30)(H,25,29). The molecule has 0 fully saturated rings. The van der Waals surface area contributed by atoms with Crippen molar-refractivity contribution in [1.82, 2.24) is 20.1 Å². The maximum Gasteiger partial charge on any atom is 0.253 e. The van der Waals surface area contributed by atoms with Gasteiger partial charge in [-0.1, -0.05) is 53.2 Å². The number of carbonyl (C=O) groups is 2. The van der Waals surface area contributed by atoms with E-state index in [4.69, 9.17) is 23.2 Å². The normalized spacial score (nSPS) is 10.7. The Hall–Kier alpha value is -2.55. The number of halogens is 2. The van der Waals surface area contributed by atoms with Crippen molar-refractivity contribution in [3.63, 3.8) is 0 Å². The number of nitrogens with one attached hydrogen (secondary N) is 2. The van der Waals surface area contributed by atoms with Crippen molar-refractivity contribution in [3.8, 4) is 0 Å². The van der Waals surface area contributed by atoms with Gasteiger partial charge in [0.2, 0.25) is 5.91 Å². The lowest BCUT2D eigenvalue weighted by Gasteiger charge is -2.11. The first kappa shape index (κ1) is 23.1. The van der Waals surface area contributed by atoms with Crippen LogP contribution in [0.1, 0.15) is 27.3 Å². The predicted molar refractivity (Wildman–Crippen MR) is 124 cm³/mol. The van der Waals surface area contributed by atoms with Gasteiger partial charge >= 0.3 is 0 Å². The Balaban J connectivity index is 1.56. The molecule has 3 rings (SSSR count). The third-order valence-corrected chi connectivity index (χ3v) is 6.15. The summed E-state index contributed by atoms with van der Waals surface area (Å²) in [5.74, 6) is 0.271. The zero-order chi connectivity index (χ0) is 22.5. The van der Waals surface area contributed by atoms with Crippen molar-refractivity contribution in [2.75, 3.05) is 11.1 Å². The van der Waals surface area contributed by atoms with E-state index in [-0.39, 0.29) is 29.1 Å². The lowest BCUT2D eigenvalue weighted by molar-refractivity contribution is -0.113. The fourth-order valence-electron chi connectivity index (χ4n) is 2.87. The molecule has 7 nitrogen and oxygen atoms in total. The number of amides is 2. The number of aromatic nitrogens is 3. The molecule has 0 aliphatic heterocycles. The number of anilines is 1. The molecule has 3 aromatic rings. The van der Waals surface area contributed by atoms with E-state index in [1.165, 1.54) is 17.8 Å². The van der Waals surface area contributed by atoms with Crippen molar-refractivity contribution in [1.29, 1.82) is 0 Å². The average molecular weight is 478 g/mol. The molecule has 2 amide bonds. The quantitative estimate of drug-likeness (QED) is 0.492. The molecule has 31 heavy (non-hydrogen) atoms. The minimum atomic E-state index is -0.341. The van der Waals surface area contributed by atoms with Crippen LogP contribution >= 0.6 is 35.0 Å². The zero-order valence-corrected chi connectivity index (χ0v) is 19.5. The van der Waals surface area contributed by atoms with E-state index in [9.17, 15) is 9.59 Å². The minimum Gasteiger partial charge on any atom is -0.345 e. The van der Waals surface area contributed by atoms with Gasteiger partial charge in [-0.3, -0.25) is 9.59 Å². The molecule has 0 spiro atoms. The lowest BCUT2D eigenvalue weighted by Crippen LogP contribution is -2.24. The van der Waals surface area contributed by atoms with Crippen LogP contribution in [0.5, 0.6) is 0 Å². The summed E-state index contributed by atoms with van der Waals surface area (Å²) in [4.78, 5) is 24.7. The Kier molecular flexibility index (Phi) is 7.59. The second-order valence-electron chi connectivity index (χ2n) is 6.87.